The molecule has 2 rings (SSSR count). The van der Waals surface area contributed by atoms with Crippen LogP contribution < -0.4 is 5.32 Å². The van der Waals surface area contributed by atoms with E-state index >= 15 is 0 Å². The lowest BCUT2D eigenvalue weighted by Gasteiger charge is -2.12. The van der Waals surface area contributed by atoms with E-state index < -0.39 is 29.6 Å². The zero-order valence-corrected chi connectivity index (χ0v) is 11.1. The molecule has 0 aromatic heterocycles. The maximum Gasteiger partial charge on any atom is 0.417 e. The Morgan fingerprint density at radius 3 is 2.64 bits per heavy atom. The van der Waals surface area contributed by atoms with E-state index in [0.29, 0.717) is 0 Å². The number of rotatable bonds is 4. The number of amides is 3. The molecule has 1 N–H and O–H groups in total. The van der Waals surface area contributed by atoms with Crippen molar-refractivity contribution in [3.05, 3.63) is 35.4 Å². The Hall–Kier alpha value is -2.58. The molecule has 0 saturated carbocycles. The largest absolute Gasteiger partial charge is 0.439 e. The summed E-state index contributed by atoms with van der Waals surface area (Å²) in [6, 6.07) is 3.94. The van der Waals surface area contributed by atoms with Crippen molar-refractivity contribution in [3.63, 3.8) is 0 Å². The molecule has 1 heterocycles. The molecule has 1 saturated heterocycles. The summed E-state index contributed by atoms with van der Waals surface area (Å²) in [4.78, 5) is 34.9. The standard InChI is InChI=1S/C13H11F3N2O4/c14-13(15,16)9-3-1-2-8(6-9)11(20)17-4-5-18-10(19)7-22-12(18)21/h1-3,6H,4-5,7H2,(H,17,20). The highest BCUT2D eigenvalue weighted by Crippen LogP contribution is 2.29. The van der Waals surface area contributed by atoms with E-state index in [9.17, 15) is 27.6 Å². The number of imide groups is 1. The summed E-state index contributed by atoms with van der Waals surface area (Å²) >= 11 is 0. The van der Waals surface area contributed by atoms with Gasteiger partial charge in [0.2, 0.25) is 0 Å². The minimum Gasteiger partial charge on any atom is -0.439 e. The first-order valence-corrected chi connectivity index (χ1v) is 6.21. The molecule has 1 aromatic rings. The van der Waals surface area contributed by atoms with Gasteiger partial charge in [0.15, 0.2) is 6.61 Å². The van der Waals surface area contributed by atoms with Crippen molar-refractivity contribution in [2.75, 3.05) is 19.7 Å². The summed E-state index contributed by atoms with van der Waals surface area (Å²) in [6.07, 6.45) is -5.35. The van der Waals surface area contributed by atoms with Gasteiger partial charge < -0.3 is 10.1 Å². The first-order chi connectivity index (χ1) is 10.3. The van der Waals surface area contributed by atoms with Crippen LogP contribution in [0, 0.1) is 0 Å². The monoisotopic (exact) mass is 316 g/mol. The van der Waals surface area contributed by atoms with Gasteiger partial charge >= 0.3 is 12.3 Å². The molecule has 6 nitrogen and oxygen atoms in total. The van der Waals surface area contributed by atoms with E-state index in [1.807, 2.05) is 0 Å². The minimum absolute atomic E-state index is 0.0874. The van der Waals surface area contributed by atoms with Crippen molar-refractivity contribution in [2.24, 2.45) is 0 Å². The molecular formula is C13H11F3N2O4. The van der Waals surface area contributed by atoms with Gasteiger partial charge in [0.25, 0.3) is 11.8 Å². The fourth-order valence-electron chi connectivity index (χ4n) is 1.82. The molecule has 1 fully saturated rings. The summed E-state index contributed by atoms with van der Waals surface area (Å²) in [5.41, 5.74) is -1.09. The molecule has 0 unspecified atom stereocenters. The number of halogens is 3. The van der Waals surface area contributed by atoms with E-state index in [0.717, 1.165) is 23.1 Å². The third-order valence-electron chi connectivity index (χ3n) is 2.91. The lowest BCUT2D eigenvalue weighted by atomic mass is 10.1. The smallest absolute Gasteiger partial charge is 0.417 e. The van der Waals surface area contributed by atoms with Crippen LogP contribution in [0.15, 0.2) is 24.3 Å². The van der Waals surface area contributed by atoms with Gasteiger partial charge in [-0.25, -0.2) is 9.69 Å². The number of hydrogen-bond acceptors (Lipinski definition) is 4. The van der Waals surface area contributed by atoms with Gasteiger partial charge in [0, 0.05) is 18.7 Å². The number of alkyl halides is 3. The van der Waals surface area contributed by atoms with E-state index in [2.05, 4.69) is 10.1 Å². The molecule has 0 atom stereocenters. The molecule has 118 valence electrons. The lowest BCUT2D eigenvalue weighted by Crippen LogP contribution is -2.37. The second-order valence-corrected chi connectivity index (χ2v) is 4.43. The normalized spacial score (nSPS) is 15.0. The van der Waals surface area contributed by atoms with Gasteiger partial charge in [0.05, 0.1) is 5.56 Å². The Labute approximate surface area is 122 Å². The third kappa shape index (κ3) is 3.54. The van der Waals surface area contributed by atoms with Crippen molar-refractivity contribution >= 4 is 17.9 Å². The van der Waals surface area contributed by atoms with Gasteiger partial charge in [-0.15, -0.1) is 0 Å². The number of carbonyl (C=O) groups excluding carboxylic acids is 3. The zero-order valence-electron chi connectivity index (χ0n) is 11.1. The number of hydrogen-bond donors (Lipinski definition) is 1. The summed E-state index contributed by atoms with van der Waals surface area (Å²) in [5.74, 6) is -1.26. The SMILES string of the molecule is O=C(NCCN1C(=O)COC1=O)c1cccc(C(F)(F)F)c1. The molecule has 1 aromatic carbocycles. The molecule has 0 bridgehead atoms. The second-order valence-electron chi connectivity index (χ2n) is 4.43. The average Bonchev–Trinajstić information content (AvgIpc) is 2.78. The van der Waals surface area contributed by atoms with Crippen LogP contribution in [0.1, 0.15) is 15.9 Å². The molecule has 1 aliphatic rings. The molecule has 0 aliphatic carbocycles. The molecule has 0 radical (unpaired) electrons. The van der Waals surface area contributed by atoms with Gasteiger partial charge in [-0.3, -0.25) is 9.59 Å². The van der Waals surface area contributed by atoms with Crippen LogP contribution in [0.25, 0.3) is 0 Å². The van der Waals surface area contributed by atoms with E-state index in [-0.39, 0.29) is 25.3 Å². The summed E-state index contributed by atoms with van der Waals surface area (Å²) in [6.45, 7) is -0.543. The number of nitrogens with zero attached hydrogens (tertiary/aromatic N) is 1. The summed E-state index contributed by atoms with van der Waals surface area (Å²) in [5, 5.41) is 2.34. The maximum absolute atomic E-state index is 12.5. The van der Waals surface area contributed by atoms with Gasteiger partial charge in [-0.1, -0.05) is 6.07 Å². The first kappa shape index (κ1) is 15.8. The number of nitrogens with one attached hydrogen (secondary N) is 1. The van der Waals surface area contributed by atoms with Crippen LogP contribution >= 0.6 is 0 Å². The Bertz CT molecular complexity index is 600. The fourth-order valence-corrected chi connectivity index (χ4v) is 1.82. The van der Waals surface area contributed by atoms with Crippen LogP contribution in [0.4, 0.5) is 18.0 Å². The quantitative estimate of drug-likeness (QED) is 0.911. The van der Waals surface area contributed by atoms with Crippen molar-refractivity contribution in [1.29, 1.82) is 0 Å². The van der Waals surface area contributed by atoms with E-state index in [4.69, 9.17) is 0 Å². The zero-order chi connectivity index (χ0) is 16.3. The minimum atomic E-state index is -4.54. The van der Waals surface area contributed by atoms with Gasteiger partial charge in [-0.05, 0) is 18.2 Å². The van der Waals surface area contributed by atoms with Crippen molar-refractivity contribution < 1.29 is 32.3 Å². The van der Waals surface area contributed by atoms with Crippen molar-refractivity contribution in [2.45, 2.75) is 6.18 Å². The first-order valence-electron chi connectivity index (χ1n) is 6.21. The Kier molecular flexibility index (Phi) is 4.34. The predicted molar refractivity (Wildman–Crippen MR) is 66.8 cm³/mol. The number of ether oxygens (including phenoxy) is 1. The average molecular weight is 316 g/mol. The maximum atomic E-state index is 12.5. The second kappa shape index (κ2) is 6.04. The van der Waals surface area contributed by atoms with Gasteiger partial charge in [0.1, 0.15) is 0 Å². The Morgan fingerprint density at radius 1 is 1.32 bits per heavy atom. The summed E-state index contributed by atoms with van der Waals surface area (Å²) in [7, 11) is 0. The van der Waals surface area contributed by atoms with Gasteiger partial charge in [-0.2, -0.15) is 13.2 Å². The van der Waals surface area contributed by atoms with Crippen LogP contribution in [-0.4, -0.2) is 42.5 Å². The number of carbonyl (C=O) groups is 3. The number of benzene rings is 1. The Morgan fingerprint density at radius 2 is 2.05 bits per heavy atom. The fraction of sp³-hybridized carbons (Fsp3) is 0.308. The van der Waals surface area contributed by atoms with Crippen LogP contribution in [0.3, 0.4) is 0 Å². The topological polar surface area (TPSA) is 75.7 Å². The Balaban J connectivity index is 1.93. The van der Waals surface area contributed by atoms with Crippen LogP contribution in [0.5, 0.6) is 0 Å². The highest BCUT2D eigenvalue weighted by atomic mass is 19.4. The van der Waals surface area contributed by atoms with Crippen molar-refractivity contribution in [3.8, 4) is 0 Å². The molecule has 3 amide bonds. The van der Waals surface area contributed by atoms with E-state index in [1.165, 1.54) is 6.07 Å². The highest BCUT2D eigenvalue weighted by molar-refractivity contribution is 5.98. The van der Waals surface area contributed by atoms with Crippen LogP contribution in [0.2, 0.25) is 0 Å². The predicted octanol–water partition coefficient (Wildman–Crippen LogP) is 1.41. The molecular weight excluding hydrogens is 305 g/mol. The molecule has 0 spiro atoms. The lowest BCUT2D eigenvalue weighted by molar-refractivity contribution is -0.137. The van der Waals surface area contributed by atoms with Crippen LogP contribution in [-0.2, 0) is 15.7 Å². The molecule has 9 heteroatoms. The highest BCUT2D eigenvalue weighted by Gasteiger charge is 2.31. The number of cyclic esters (lactones) is 1. The summed E-state index contributed by atoms with van der Waals surface area (Å²) < 4.78 is 42.1. The van der Waals surface area contributed by atoms with Crippen molar-refractivity contribution in [1.82, 2.24) is 10.2 Å². The van der Waals surface area contributed by atoms with E-state index in [1.54, 1.807) is 0 Å². The molecule has 1 aliphatic heterocycles. The molecule has 22 heavy (non-hydrogen) atoms. The third-order valence-corrected chi connectivity index (χ3v) is 2.91.